The highest BCUT2D eigenvalue weighted by Gasteiger charge is 2.06. The smallest absolute Gasteiger partial charge is 0.123 e. The molecule has 1 aromatic carbocycles. The number of thiazole rings is 1. The van der Waals surface area contributed by atoms with E-state index in [0.29, 0.717) is 10.0 Å². The largest absolute Gasteiger partial charge is 0.314 e. The fraction of sp³-hybridized carbons (Fsp3) is 0.182. The van der Waals surface area contributed by atoms with Gasteiger partial charge in [0, 0.05) is 27.5 Å². The Balaban J connectivity index is 2.34. The van der Waals surface area contributed by atoms with Crippen LogP contribution in [0.4, 0.5) is 0 Å². The number of aromatic nitrogens is 1. The summed E-state index contributed by atoms with van der Waals surface area (Å²) in [7, 11) is 1.90. The first kappa shape index (κ1) is 11.9. The van der Waals surface area contributed by atoms with Crippen molar-refractivity contribution in [1.29, 1.82) is 0 Å². The molecule has 0 fully saturated rings. The minimum atomic E-state index is 0.632. The second-order valence-corrected chi connectivity index (χ2v) is 5.06. The second-order valence-electron chi connectivity index (χ2n) is 3.33. The van der Waals surface area contributed by atoms with Crippen molar-refractivity contribution in [2.24, 2.45) is 0 Å². The Morgan fingerprint density at radius 3 is 2.56 bits per heavy atom. The third-order valence-electron chi connectivity index (χ3n) is 2.02. The average molecular weight is 273 g/mol. The molecule has 0 saturated heterocycles. The zero-order chi connectivity index (χ0) is 11.5. The van der Waals surface area contributed by atoms with Gasteiger partial charge in [-0.1, -0.05) is 23.2 Å². The fourth-order valence-electron chi connectivity index (χ4n) is 1.38. The van der Waals surface area contributed by atoms with Crippen molar-refractivity contribution < 1.29 is 0 Å². The Labute approximate surface area is 108 Å². The van der Waals surface area contributed by atoms with Crippen LogP contribution < -0.4 is 5.32 Å². The van der Waals surface area contributed by atoms with Crippen LogP contribution in [0.15, 0.2) is 23.6 Å². The van der Waals surface area contributed by atoms with Crippen molar-refractivity contribution >= 4 is 34.5 Å². The summed E-state index contributed by atoms with van der Waals surface area (Å²) in [4.78, 5) is 4.49. The van der Waals surface area contributed by atoms with Gasteiger partial charge in [-0.15, -0.1) is 11.3 Å². The molecule has 1 aromatic heterocycles. The Morgan fingerprint density at radius 2 is 1.94 bits per heavy atom. The van der Waals surface area contributed by atoms with E-state index in [1.54, 1.807) is 17.4 Å². The second kappa shape index (κ2) is 5.15. The first-order valence-electron chi connectivity index (χ1n) is 4.74. The van der Waals surface area contributed by atoms with Crippen molar-refractivity contribution in [3.8, 4) is 10.6 Å². The summed E-state index contributed by atoms with van der Waals surface area (Å²) in [6.45, 7) is 0.769. The molecule has 0 amide bonds. The van der Waals surface area contributed by atoms with Gasteiger partial charge in [0.25, 0.3) is 0 Å². The SMILES string of the molecule is CNCc1csc(-c2cc(Cl)cc(Cl)c2)n1. The van der Waals surface area contributed by atoms with Crippen LogP contribution in [0.5, 0.6) is 0 Å². The van der Waals surface area contributed by atoms with E-state index in [4.69, 9.17) is 23.2 Å². The molecule has 0 saturated carbocycles. The van der Waals surface area contributed by atoms with Gasteiger partial charge in [0.05, 0.1) is 5.69 Å². The van der Waals surface area contributed by atoms with E-state index in [1.807, 2.05) is 24.6 Å². The molecule has 1 N–H and O–H groups in total. The molecule has 2 nitrogen and oxygen atoms in total. The first-order chi connectivity index (χ1) is 7.69. The maximum Gasteiger partial charge on any atom is 0.123 e. The van der Waals surface area contributed by atoms with Gasteiger partial charge in [-0.2, -0.15) is 0 Å². The van der Waals surface area contributed by atoms with E-state index < -0.39 is 0 Å². The van der Waals surface area contributed by atoms with Gasteiger partial charge >= 0.3 is 0 Å². The van der Waals surface area contributed by atoms with E-state index in [0.717, 1.165) is 22.8 Å². The lowest BCUT2D eigenvalue weighted by molar-refractivity contribution is 0.798. The Bertz CT molecular complexity index is 476. The van der Waals surface area contributed by atoms with Crippen LogP contribution in [0.2, 0.25) is 10.0 Å². The molecule has 2 aromatic rings. The Hall–Kier alpha value is -0.610. The van der Waals surface area contributed by atoms with E-state index in [9.17, 15) is 0 Å². The summed E-state index contributed by atoms with van der Waals surface area (Å²) in [5.41, 5.74) is 1.99. The first-order valence-corrected chi connectivity index (χ1v) is 6.38. The molecule has 2 rings (SSSR count). The van der Waals surface area contributed by atoms with Crippen molar-refractivity contribution in [1.82, 2.24) is 10.3 Å². The maximum absolute atomic E-state index is 5.95. The normalized spacial score (nSPS) is 10.7. The lowest BCUT2D eigenvalue weighted by Crippen LogP contribution is -2.04. The van der Waals surface area contributed by atoms with Gasteiger partial charge in [-0.25, -0.2) is 4.98 Å². The molecule has 5 heteroatoms. The van der Waals surface area contributed by atoms with Crippen LogP contribution in [0.3, 0.4) is 0 Å². The topological polar surface area (TPSA) is 24.9 Å². The van der Waals surface area contributed by atoms with Crippen molar-refractivity contribution in [3.05, 3.63) is 39.3 Å². The summed E-state index contributed by atoms with van der Waals surface area (Å²) in [6.07, 6.45) is 0. The zero-order valence-corrected chi connectivity index (χ0v) is 11.0. The highest BCUT2D eigenvalue weighted by molar-refractivity contribution is 7.13. The molecule has 0 aliphatic heterocycles. The summed E-state index contributed by atoms with van der Waals surface area (Å²) in [5.74, 6) is 0. The van der Waals surface area contributed by atoms with Crippen molar-refractivity contribution in [2.75, 3.05) is 7.05 Å². The number of rotatable bonds is 3. The molecule has 0 radical (unpaired) electrons. The van der Waals surface area contributed by atoms with Crippen LogP contribution in [-0.4, -0.2) is 12.0 Å². The molecule has 1 heterocycles. The Kier molecular flexibility index (Phi) is 3.82. The van der Waals surface area contributed by atoms with Crippen LogP contribution in [0.1, 0.15) is 5.69 Å². The average Bonchev–Trinajstić information content (AvgIpc) is 2.65. The number of hydrogen-bond acceptors (Lipinski definition) is 3. The highest BCUT2D eigenvalue weighted by Crippen LogP contribution is 2.29. The maximum atomic E-state index is 5.95. The molecule has 0 unspecified atom stereocenters. The molecule has 0 aliphatic rings. The molecule has 0 bridgehead atoms. The van der Waals surface area contributed by atoms with Gasteiger partial charge in [-0.3, -0.25) is 0 Å². The van der Waals surface area contributed by atoms with Crippen LogP contribution in [0.25, 0.3) is 10.6 Å². The standard InChI is InChI=1S/C11H10Cl2N2S/c1-14-5-10-6-16-11(15-10)7-2-8(12)4-9(13)3-7/h2-4,6,14H,5H2,1H3. The van der Waals surface area contributed by atoms with Gasteiger partial charge < -0.3 is 5.32 Å². The summed E-state index contributed by atoms with van der Waals surface area (Å²) in [6, 6.07) is 5.46. The number of nitrogens with one attached hydrogen (secondary N) is 1. The van der Waals surface area contributed by atoms with Crippen molar-refractivity contribution in [3.63, 3.8) is 0 Å². The number of benzene rings is 1. The summed E-state index contributed by atoms with van der Waals surface area (Å²) in [5, 5.41) is 7.30. The van der Waals surface area contributed by atoms with Crippen LogP contribution in [-0.2, 0) is 6.54 Å². The number of halogens is 2. The van der Waals surface area contributed by atoms with E-state index >= 15 is 0 Å². The summed E-state index contributed by atoms with van der Waals surface area (Å²) < 4.78 is 0. The molecular weight excluding hydrogens is 263 g/mol. The van der Waals surface area contributed by atoms with E-state index in [2.05, 4.69) is 10.3 Å². The van der Waals surface area contributed by atoms with E-state index in [-0.39, 0.29) is 0 Å². The molecule has 16 heavy (non-hydrogen) atoms. The Morgan fingerprint density at radius 1 is 1.25 bits per heavy atom. The minimum absolute atomic E-state index is 0.632. The highest BCUT2D eigenvalue weighted by atomic mass is 35.5. The fourth-order valence-corrected chi connectivity index (χ4v) is 2.71. The van der Waals surface area contributed by atoms with Gasteiger partial charge in [0.1, 0.15) is 5.01 Å². The van der Waals surface area contributed by atoms with Crippen LogP contribution in [0, 0.1) is 0 Å². The molecule has 0 aliphatic carbocycles. The third kappa shape index (κ3) is 2.74. The third-order valence-corrected chi connectivity index (χ3v) is 3.40. The predicted octanol–water partition coefficient (Wildman–Crippen LogP) is 3.84. The monoisotopic (exact) mass is 272 g/mol. The number of nitrogens with zero attached hydrogens (tertiary/aromatic N) is 1. The van der Waals surface area contributed by atoms with Crippen molar-refractivity contribution in [2.45, 2.75) is 6.54 Å². The zero-order valence-electron chi connectivity index (χ0n) is 8.63. The van der Waals surface area contributed by atoms with Gasteiger partial charge in [0.15, 0.2) is 0 Å². The molecule has 0 atom stereocenters. The molecule has 84 valence electrons. The quantitative estimate of drug-likeness (QED) is 0.919. The minimum Gasteiger partial charge on any atom is -0.314 e. The lowest BCUT2D eigenvalue weighted by Gasteiger charge is -1.99. The molecule has 0 spiro atoms. The predicted molar refractivity (Wildman–Crippen MR) is 70.3 cm³/mol. The van der Waals surface area contributed by atoms with Gasteiger partial charge in [0.2, 0.25) is 0 Å². The van der Waals surface area contributed by atoms with Crippen LogP contribution >= 0.6 is 34.5 Å². The lowest BCUT2D eigenvalue weighted by atomic mass is 10.2. The summed E-state index contributed by atoms with van der Waals surface area (Å²) >= 11 is 13.5. The number of hydrogen-bond donors (Lipinski definition) is 1. The van der Waals surface area contributed by atoms with Gasteiger partial charge in [-0.05, 0) is 25.2 Å². The molecular formula is C11H10Cl2N2S. The van der Waals surface area contributed by atoms with E-state index in [1.165, 1.54) is 0 Å².